The van der Waals surface area contributed by atoms with Crippen LogP contribution in [0, 0.1) is 20.8 Å². The number of aryl methyl sites for hydroxylation is 2. The first-order chi connectivity index (χ1) is 16.1. The highest BCUT2D eigenvalue weighted by molar-refractivity contribution is 6.39. The SMILES string of the molecule is Cc1cccc(N2C(=O)NC(=O)/C(=C\c3cc(C)n(-c4ccc(Cl)c(C(=O)O)c4)c3C)C2=O)c1. The number of carboxylic acids is 1. The van der Waals surface area contributed by atoms with Gasteiger partial charge in [-0.1, -0.05) is 23.7 Å². The highest BCUT2D eigenvalue weighted by Crippen LogP contribution is 2.28. The van der Waals surface area contributed by atoms with Crippen LogP contribution in [0.1, 0.15) is 32.9 Å². The number of rotatable bonds is 4. The summed E-state index contributed by atoms with van der Waals surface area (Å²) in [7, 11) is 0. The molecule has 1 saturated heterocycles. The average molecular weight is 478 g/mol. The number of nitrogens with zero attached hydrogens (tertiary/aromatic N) is 2. The summed E-state index contributed by atoms with van der Waals surface area (Å²) in [6.45, 7) is 5.43. The Labute approximate surface area is 200 Å². The normalized spacial score (nSPS) is 15.1. The van der Waals surface area contributed by atoms with Gasteiger partial charge in [-0.25, -0.2) is 14.5 Å². The van der Waals surface area contributed by atoms with Gasteiger partial charge in [0.2, 0.25) is 0 Å². The predicted octanol–water partition coefficient (Wildman–Crippen LogP) is 4.42. The number of benzene rings is 2. The van der Waals surface area contributed by atoms with Crippen molar-refractivity contribution in [2.45, 2.75) is 20.8 Å². The van der Waals surface area contributed by atoms with Crippen LogP contribution in [0.2, 0.25) is 5.02 Å². The third-order valence-corrected chi connectivity index (χ3v) is 5.90. The summed E-state index contributed by atoms with van der Waals surface area (Å²) in [5.74, 6) is -2.67. The molecule has 0 spiro atoms. The first-order valence-corrected chi connectivity index (χ1v) is 10.7. The number of carbonyl (C=O) groups is 4. The molecule has 1 fully saturated rings. The molecule has 3 aromatic rings. The van der Waals surface area contributed by atoms with Crippen LogP contribution in [0.15, 0.2) is 54.1 Å². The highest BCUT2D eigenvalue weighted by Gasteiger charge is 2.37. The molecular formula is C25H20ClN3O5. The Balaban J connectivity index is 1.78. The lowest BCUT2D eigenvalue weighted by molar-refractivity contribution is -0.122. The molecule has 0 unspecified atom stereocenters. The van der Waals surface area contributed by atoms with Crippen molar-refractivity contribution in [3.63, 3.8) is 0 Å². The summed E-state index contributed by atoms with van der Waals surface area (Å²) >= 11 is 6.00. The molecule has 1 aliphatic heterocycles. The minimum atomic E-state index is -1.15. The number of urea groups is 1. The number of anilines is 1. The quantitative estimate of drug-likeness (QED) is 0.427. The van der Waals surface area contributed by atoms with E-state index in [9.17, 15) is 24.3 Å². The Morgan fingerprint density at radius 2 is 1.74 bits per heavy atom. The van der Waals surface area contributed by atoms with Gasteiger partial charge in [0.15, 0.2) is 0 Å². The maximum atomic E-state index is 13.2. The molecule has 9 heteroatoms. The molecule has 2 heterocycles. The number of aromatic nitrogens is 1. The zero-order valence-electron chi connectivity index (χ0n) is 18.5. The van der Waals surface area contributed by atoms with E-state index in [1.807, 2.05) is 19.9 Å². The number of halogens is 1. The van der Waals surface area contributed by atoms with Crippen LogP contribution >= 0.6 is 11.6 Å². The van der Waals surface area contributed by atoms with Gasteiger partial charge in [0.25, 0.3) is 11.8 Å². The molecule has 172 valence electrons. The lowest BCUT2D eigenvalue weighted by Crippen LogP contribution is -2.54. The number of barbiturate groups is 1. The number of hydrogen-bond acceptors (Lipinski definition) is 4. The minimum Gasteiger partial charge on any atom is -0.478 e. The average Bonchev–Trinajstić information content (AvgIpc) is 3.04. The summed E-state index contributed by atoms with van der Waals surface area (Å²) in [5.41, 5.74) is 3.53. The Kier molecular flexibility index (Phi) is 5.85. The molecule has 4 amide bonds. The van der Waals surface area contributed by atoms with E-state index in [-0.39, 0.29) is 16.2 Å². The van der Waals surface area contributed by atoms with Gasteiger partial charge in [-0.05, 0) is 74.4 Å². The first kappa shape index (κ1) is 23.0. The molecule has 2 aromatic carbocycles. The van der Waals surface area contributed by atoms with Gasteiger partial charge in [-0.15, -0.1) is 0 Å². The van der Waals surface area contributed by atoms with Gasteiger partial charge in [0, 0.05) is 17.1 Å². The van der Waals surface area contributed by atoms with Gasteiger partial charge in [0.1, 0.15) is 5.57 Å². The Morgan fingerprint density at radius 3 is 2.41 bits per heavy atom. The van der Waals surface area contributed by atoms with Crippen molar-refractivity contribution in [3.8, 4) is 5.69 Å². The summed E-state index contributed by atoms with van der Waals surface area (Å²) < 4.78 is 1.80. The van der Waals surface area contributed by atoms with E-state index in [4.69, 9.17) is 11.6 Å². The van der Waals surface area contributed by atoms with Crippen LogP contribution < -0.4 is 10.2 Å². The molecule has 2 N–H and O–H groups in total. The molecule has 1 aromatic heterocycles. The third kappa shape index (κ3) is 3.99. The van der Waals surface area contributed by atoms with E-state index in [2.05, 4.69) is 5.32 Å². The maximum Gasteiger partial charge on any atom is 0.337 e. The lowest BCUT2D eigenvalue weighted by Gasteiger charge is -2.26. The maximum absolute atomic E-state index is 13.2. The Morgan fingerprint density at radius 1 is 1.00 bits per heavy atom. The highest BCUT2D eigenvalue weighted by atomic mass is 35.5. The molecular weight excluding hydrogens is 458 g/mol. The van der Waals surface area contributed by atoms with Gasteiger partial charge >= 0.3 is 12.0 Å². The van der Waals surface area contributed by atoms with Crippen molar-refractivity contribution in [2.75, 3.05) is 4.90 Å². The van der Waals surface area contributed by atoms with Crippen LogP contribution in [0.25, 0.3) is 11.8 Å². The second-order valence-electron chi connectivity index (χ2n) is 7.93. The zero-order valence-corrected chi connectivity index (χ0v) is 19.3. The van der Waals surface area contributed by atoms with Crippen molar-refractivity contribution in [1.82, 2.24) is 9.88 Å². The standard InChI is InChI=1S/C25H20ClN3O5/c1-13-5-4-6-17(9-13)29-23(31)20(22(30)27-25(29)34)11-16-10-14(2)28(15(16)3)18-7-8-21(26)19(12-18)24(32)33/h4-12H,1-3H3,(H,32,33)(H,27,30,34)/b20-11+. The molecule has 34 heavy (non-hydrogen) atoms. The number of nitrogens with one attached hydrogen (secondary N) is 1. The number of carbonyl (C=O) groups excluding carboxylic acids is 3. The summed E-state index contributed by atoms with van der Waals surface area (Å²) in [6, 6.07) is 12.4. The van der Waals surface area contributed by atoms with E-state index >= 15 is 0 Å². The number of aromatic carboxylic acids is 1. The molecule has 8 nitrogen and oxygen atoms in total. The number of amides is 4. The van der Waals surface area contributed by atoms with Gasteiger partial charge in [0.05, 0.1) is 16.3 Å². The fraction of sp³-hybridized carbons (Fsp3) is 0.120. The fourth-order valence-corrected chi connectivity index (χ4v) is 4.16. The lowest BCUT2D eigenvalue weighted by atomic mass is 10.1. The molecule has 0 aliphatic carbocycles. The van der Waals surface area contributed by atoms with Crippen molar-refractivity contribution >= 4 is 47.2 Å². The smallest absolute Gasteiger partial charge is 0.337 e. The number of hydrogen-bond donors (Lipinski definition) is 2. The van der Waals surface area contributed by atoms with E-state index < -0.39 is 23.8 Å². The van der Waals surface area contributed by atoms with Crippen LogP contribution in [0.4, 0.5) is 10.5 Å². The second kappa shape index (κ2) is 8.64. The number of imide groups is 2. The largest absolute Gasteiger partial charge is 0.478 e. The Bertz CT molecular complexity index is 1420. The summed E-state index contributed by atoms with van der Waals surface area (Å²) in [6.07, 6.45) is 1.43. The topological polar surface area (TPSA) is 109 Å². The van der Waals surface area contributed by atoms with Crippen LogP contribution in [0.5, 0.6) is 0 Å². The van der Waals surface area contributed by atoms with E-state index in [1.54, 1.807) is 41.8 Å². The zero-order chi connectivity index (χ0) is 24.7. The van der Waals surface area contributed by atoms with E-state index in [0.717, 1.165) is 16.2 Å². The summed E-state index contributed by atoms with van der Waals surface area (Å²) in [4.78, 5) is 50.6. The predicted molar refractivity (Wildman–Crippen MR) is 127 cm³/mol. The summed E-state index contributed by atoms with van der Waals surface area (Å²) in [5, 5.41) is 11.7. The second-order valence-corrected chi connectivity index (χ2v) is 8.34. The molecule has 0 bridgehead atoms. The monoisotopic (exact) mass is 477 g/mol. The molecule has 0 saturated carbocycles. The third-order valence-electron chi connectivity index (χ3n) is 5.57. The minimum absolute atomic E-state index is 0.0410. The number of carboxylic acid groups (broad SMARTS) is 1. The first-order valence-electron chi connectivity index (χ1n) is 10.3. The van der Waals surface area contributed by atoms with Gasteiger partial charge in [-0.2, -0.15) is 0 Å². The van der Waals surface area contributed by atoms with Crippen molar-refractivity contribution in [3.05, 3.63) is 87.2 Å². The van der Waals surface area contributed by atoms with Crippen molar-refractivity contribution < 1.29 is 24.3 Å². The molecule has 0 atom stereocenters. The van der Waals surface area contributed by atoms with E-state index in [1.165, 1.54) is 18.2 Å². The Hall–Kier alpha value is -4.17. The van der Waals surface area contributed by atoms with Gasteiger partial charge in [-0.3, -0.25) is 14.9 Å². The van der Waals surface area contributed by atoms with E-state index in [0.29, 0.717) is 22.6 Å². The van der Waals surface area contributed by atoms with Crippen molar-refractivity contribution in [2.24, 2.45) is 0 Å². The van der Waals surface area contributed by atoms with Crippen LogP contribution in [-0.2, 0) is 9.59 Å². The van der Waals surface area contributed by atoms with Crippen LogP contribution in [-0.4, -0.2) is 33.5 Å². The van der Waals surface area contributed by atoms with Crippen LogP contribution in [0.3, 0.4) is 0 Å². The van der Waals surface area contributed by atoms with Crippen molar-refractivity contribution in [1.29, 1.82) is 0 Å². The molecule has 4 rings (SSSR count). The molecule has 0 radical (unpaired) electrons. The fourth-order valence-electron chi connectivity index (χ4n) is 3.96. The molecule has 1 aliphatic rings. The van der Waals surface area contributed by atoms with Gasteiger partial charge < -0.3 is 9.67 Å².